The number of hydrogen-bond donors (Lipinski definition) is 0. The zero-order chi connectivity index (χ0) is 32.2. The molecule has 0 spiro atoms. The first kappa shape index (κ1) is 32.8. The van der Waals surface area contributed by atoms with Crippen LogP contribution < -0.4 is 4.90 Å². The minimum Gasteiger partial charge on any atom is -0.444 e. The van der Waals surface area contributed by atoms with Crippen LogP contribution in [0.15, 0.2) is 30.5 Å². The quantitative estimate of drug-likeness (QED) is 0.259. The number of aryl methyl sites for hydroxylation is 1. The second-order valence-corrected chi connectivity index (χ2v) is 20.5. The van der Waals surface area contributed by atoms with Crippen LogP contribution in [-0.4, -0.2) is 55.6 Å². The van der Waals surface area contributed by atoms with Crippen molar-refractivity contribution in [2.45, 2.75) is 103 Å². The van der Waals surface area contributed by atoms with Gasteiger partial charge in [0.25, 0.3) is 0 Å². The highest BCUT2D eigenvalue weighted by Gasteiger charge is 2.39. The number of carbonyl (C=O) groups excluding carboxylic acids is 1. The van der Waals surface area contributed by atoms with Crippen molar-refractivity contribution in [2.75, 3.05) is 24.5 Å². The number of carbonyl (C=O) groups is 1. The Morgan fingerprint density at radius 2 is 1.80 bits per heavy atom. The Bertz CT molecular complexity index is 1540. The summed E-state index contributed by atoms with van der Waals surface area (Å²) in [6.45, 7) is 18.7. The standard InChI is InChI=1S/C33H44F3N3O3SSi/c1-31(2,3)42-30(40)38-15-12-23(19-38)39-14-9-10-21-16-22(33(34,35)36)17-26(28(21)39)25-11-13-37-27-18-24(43-29(25)27)20-41-44(7,8)32(4,5)6/h11,13,16-18,23H,9-10,12,14-15,19-20H2,1-8H3. The van der Waals surface area contributed by atoms with Crippen LogP contribution in [0.1, 0.15) is 70.4 Å². The third-order valence-electron chi connectivity index (χ3n) is 9.04. The summed E-state index contributed by atoms with van der Waals surface area (Å²) in [7, 11) is -2.00. The lowest BCUT2D eigenvalue weighted by Gasteiger charge is -2.38. The van der Waals surface area contributed by atoms with Crippen LogP contribution in [0, 0.1) is 0 Å². The normalized spacial score (nSPS) is 18.2. The van der Waals surface area contributed by atoms with E-state index in [9.17, 15) is 18.0 Å². The molecule has 240 valence electrons. The lowest BCUT2D eigenvalue weighted by molar-refractivity contribution is -0.137. The summed E-state index contributed by atoms with van der Waals surface area (Å²) in [6.07, 6.45) is -1.11. The molecule has 44 heavy (non-hydrogen) atoms. The van der Waals surface area contributed by atoms with E-state index in [2.05, 4.69) is 43.7 Å². The van der Waals surface area contributed by atoms with E-state index in [1.165, 1.54) is 12.1 Å². The van der Waals surface area contributed by atoms with Gasteiger partial charge in [0.15, 0.2) is 8.32 Å². The highest BCUT2D eigenvalue weighted by molar-refractivity contribution is 7.19. The molecule has 1 aromatic carbocycles. The lowest BCUT2D eigenvalue weighted by atomic mass is 9.90. The number of rotatable bonds is 5. The van der Waals surface area contributed by atoms with E-state index >= 15 is 0 Å². The Balaban J connectivity index is 1.55. The maximum absolute atomic E-state index is 14.3. The summed E-state index contributed by atoms with van der Waals surface area (Å²) in [4.78, 5) is 22.4. The van der Waals surface area contributed by atoms with Crippen LogP contribution in [0.4, 0.5) is 23.7 Å². The molecule has 1 unspecified atom stereocenters. The molecule has 0 radical (unpaired) electrons. The summed E-state index contributed by atoms with van der Waals surface area (Å²) in [5.74, 6) is 0. The number of alkyl halides is 3. The largest absolute Gasteiger partial charge is 0.444 e. The summed E-state index contributed by atoms with van der Waals surface area (Å²) >= 11 is 1.54. The molecule has 2 aliphatic heterocycles. The SMILES string of the molecule is CC(C)(C)OC(=O)N1CCC(N2CCCc3cc(C(F)(F)F)cc(-c4ccnc5cc(CO[Si](C)(C)C(C)(C)C)sc45)c32)C1. The van der Waals surface area contributed by atoms with Crippen molar-refractivity contribution < 1.29 is 27.1 Å². The fourth-order valence-corrected chi connectivity index (χ4v) is 7.85. The molecule has 5 rings (SSSR count). The topological polar surface area (TPSA) is 54.9 Å². The Morgan fingerprint density at radius 3 is 2.45 bits per heavy atom. The number of ether oxygens (including phenoxy) is 1. The molecule has 2 aromatic heterocycles. The first-order valence-corrected chi connectivity index (χ1v) is 19.1. The van der Waals surface area contributed by atoms with Crippen molar-refractivity contribution in [3.63, 3.8) is 0 Å². The highest BCUT2D eigenvalue weighted by atomic mass is 32.1. The van der Waals surface area contributed by atoms with E-state index < -0.39 is 25.7 Å². The number of pyridine rings is 1. The zero-order valence-electron chi connectivity index (χ0n) is 27.0. The first-order valence-electron chi connectivity index (χ1n) is 15.3. The van der Waals surface area contributed by atoms with Crippen LogP contribution in [-0.2, 0) is 28.4 Å². The third-order valence-corrected chi connectivity index (χ3v) is 14.6. The maximum atomic E-state index is 14.3. The van der Waals surface area contributed by atoms with Crippen molar-refractivity contribution >= 4 is 41.7 Å². The van der Waals surface area contributed by atoms with Crippen molar-refractivity contribution in [1.82, 2.24) is 9.88 Å². The number of fused-ring (bicyclic) bond motifs is 2. The molecule has 0 N–H and O–H groups in total. The molecule has 0 saturated carbocycles. The molecule has 1 atom stereocenters. The van der Waals surface area contributed by atoms with E-state index in [1.807, 2.05) is 32.9 Å². The monoisotopic (exact) mass is 647 g/mol. The number of hydrogen-bond acceptors (Lipinski definition) is 6. The van der Waals surface area contributed by atoms with Crippen molar-refractivity contribution in [3.8, 4) is 11.1 Å². The van der Waals surface area contributed by atoms with Crippen LogP contribution in [0.2, 0.25) is 18.1 Å². The Labute approximate surface area is 263 Å². The molecule has 3 aromatic rings. The molecule has 11 heteroatoms. The first-order chi connectivity index (χ1) is 20.3. The van der Waals surface area contributed by atoms with Crippen LogP contribution >= 0.6 is 11.3 Å². The van der Waals surface area contributed by atoms with E-state index in [0.29, 0.717) is 43.8 Å². The van der Waals surface area contributed by atoms with E-state index in [4.69, 9.17) is 9.16 Å². The predicted octanol–water partition coefficient (Wildman–Crippen LogP) is 9.27. The van der Waals surface area contributed by atoms with Gasteiger partial charge in [-0.25, -0.2) is 4.79 Å². The zero-order valence-corrected chi connectivity index (χ0v) is 28.8. The summed E-state index contributed by atoms with van der Waals surface area (Å²) in [5.41, 5.74) is 2.35. The van der Waals surface area contributed by atoms with E-state index in [0.717, 1.165) is 39.2 Å². The smallest absolute Gasteiger partial charge is 0.416 e. The predicted molar refractivity (Wildman–Crippen MR) is 174 cm³/mol. The van der Waals surface area contributed by atoms with Gasteiger partial charge in [-0.15, -0.1) is 11.3 Å². The maximum Gasteiger partial charge on any atom is 0.416 e. The van der Waals surface area contributed by atoms with Gasteiger partial charge < -0.3 is 19.0 Å². The molecule has 1 fully saturated rings. The van der Waals surface area contributed by atoms with Crippen LogP contribution in [0.3, 0.4) is 0 Å². The van der Waals surface area contributed by atoms with Gasteiger partial charge in [-0.1, -0.05) is 20.8 Å². The van der Waals surface area contributed by atoms with Gasteiger partial charge in [0.2, 0.25) is 0 Å². The molecular weight excluding hydrogens is 604 g/mol. The molecule has 6 nitrogen and oxygen atoms in total. The number of likely N-dealkylation sites (tertiary alicyclic amines) is 1. The number of benzene rings is 1. The number of thiophene rings is 1. The second-order valence-electron chi connectivity index (χ2n) is 14.5. The Hall–Kier alpha value is -2.63. The van der Waals surface area contributed by atoms with E-state index in [1.54, 1.807) is 22.4 Å². The van der Waals surface area contributed by atoms with Gasteiger partial charge in [-0.2, -0.15) is 13.2 Å². The van der Waals surface area contributed by atoms with Gasteiger partial charge >= 0.3 is 12.3 Å². The van der Waals surface area contributed by atoms with Gasteiger partial charge in [-0.3, -0.25) is 4.98 Å². The van der Waals surface area contributed by atoms with Gasteiger partial charge in [0, 0.05) is 53.6 Å². The minimum atomic E-state index is -4.48. The van der Waals surface area contributed by atoms with Crippen molar-refractivity contribution in [2.24, 2.45) is 0 Å². The number of nitrogens with zero attached hydrogens (tertiary/aromatic N) is 3. The molecular formula is C33H44F3N3O3SSi. The summed E-state index contributed by atoms with van der Waals surface area (Å²) < 4.78 is 55.7. The van der Waals surface area contributed by atoms with Gasteiger partial charge in [0.1, 0.15) is 5.60 Å². The van der Waals surface area contributed by atoms with Gasteiger partial charge in [0.05, 0.1) is 22.4 Å². The lowest BCUT2D eigenvalue weighted by Crippen LogP contribution is -2.43. The van der Waals surface area contributed by atoms with Crippen molar-refractivity contribution in [1.29, 1.82) is 0 Å². The molecule has 1 saturated heterocycles. The summed E-state index contributed by atoms with van der Waals surface area (Å²) in [5, 5.41) is 0.0624. The number of amides is 1. The average Bonchev–Trinajstić information content (AvgIpc) is 3.56. The number of aromatic nitrogens is 1. The third kappa shape index (κ3) is 6.79. The van der Waals surface area contributed by atoms with Crippen molar-refractivity contribution in [3.05, 3.63) is 46.5 Å². The molecule has 0 aliphatic carbocycles. The summed E-state index contributed by atoms with van der Waals surface area (Å²) in [6, 6.07) is 6.44. The molecule has 4 heterocycles. The molecule has 1 amide bonds. The van der Waals surface area contributed by atoms with Crippen LogP contribution in [0.5, 0.6) is 0 Å². The fraction of sp³-hybridized carbons (Fsp3) is 0.576. The minimum absolute atomic E-state index is 0.0220. The van der Waals surface area contributed by atoms with Crippen LogP contribution in [0.25, 0.3) is 21.3 Å². The number of anilines is 1. The Kier molecular flexibility index (Phi) is 8.65. The van der Waals surface area contributed by atoms with Gasteiger partial charge in [-0.05, 0) is 88.0 Å². The average molecular weight is 648 g/mol. The second kappa shape index (κ2) is 11.6. The highest BCUT2D eigenvalue weighted by Crippen LogP contribution is 2.47. The molecule has 0 bridgehead atoms. The fourth-order valence-electron chi connectivity index (χ4n) is 5.74. The van der Waals surface area contributed by atoms with E-state index in [-0.39, 0.29) is 17.2 Å². The number of halogens is 3. The Morgan fingerprint density at radius 1 is 1.07 bits per heavy atom. The molecule has 2 aliphatic rings.